The molecule has 0 radical (unpaired) electrons. The van der Waals surface area contributed by atoms with Crippen LogP contribution in [0.1, 0.15) is 18.4 Å². The van der Waals surface area contributed by atoms with Crippen molar-refractivity contribution in [2.24, 2.45) is 5.92 Å². The molecule has 4 rings (SSSR count). The number of thiophene rings is 1. The highest BCUT2D eigenvalue weighted by Gasteiger charge is 2.39. The van der Waals surface area contributed by atoms with E-state index in [0.29, 0.717) is 5.92 Å². The van der Waals surface area contributed by atoms with Crippen LogP contribution in [0.2, 0.25) is 0 Å². The molecular weight excluding hydrogens is 310 g/mol. The molecule has 2 amide bonds. The molecule has 0 spiro atoms. The summed E-state index contributed by atoms with van der Waals surface area (Å²) in [6.45, 7) is 7.26. The number of amides is 2. The molecule has 126 valence electrons. The summed E-state index contributed by atoms with van der Waals surface area (Å²) in [4.78, 5) is 19.1. The molecule has 3 aliphatic heterocycles. The molecule has 1 aromatic rings. The number of carbonyl (C=O) groups is 1. The molecule has 0 saturated carbocycles. The predicted octanol–water partition coefficient (Wildman–Crippen LogP) is 2.10. The molecule has 3 aliphatic rings. The van der Waals surface area contributed by atoms with Gasteiger partial charge in [0, 0.05) is 51.7 Å². The third-order valence-corrected chi connectivity index (χ3v) is 5.98. The average molecular weight is 335 g/mol. The fourth-order valence-electron chi connectivity index (χ4n) is 4.01. The van der Waals surface area contributed by atoms with Gasteiger partial charge in [0.15, 0.2) is 0 Å². The number of hydrogen-bond donors (Lipinski definition) is 0. The van der Waals surface area contributed by atoms with Crippen LogP contribution in [0.25, 0.3) is 0 Å². The smallest absolute Gasteiger partial charge is 0.320 e. The normalized spacial score (nSPS) is 28.9. The van der Waals surface area contributed by atoms with E-state index in [9.17, 15) is 4.79 Å². The fraction of sp³-hybridized carbons (Fsp3) is 0.706. The van der Waals surface area contributed by atoms with Crippen molar-refractivity contribution in [3.63, 3.8) is 0 Å². The monoisotopic (exact) mass is 335 g/mol. The average Bonchev–Trinajstić information content (AvgIpc) is 3.28. The Kier molecular flexibility index (Phi) is 4.55. The van der Waals surface area contributed by atoms with Crippen LogP contribution in [-0.4, -0.2) is 72.7 Å². The third-order valence-electron chi connectivity index (χ3n) is 5.25. The predicted molar refractivity (Wildman–Crippen MR) is 90.6 cm³/mol. The van der Waals surface area contributed by atoms with E-state index in [1.165, 1.54) is 5.56 Å². The second-order valence-corrected chi connectivity index (χ2v) is 7.70. The minimum Gasteiger partial charge on any atom is -0.375 e. The molecule has 0 N–H and O–H groups in total. The number of ether oxygens (including phenoxy) is 1. The van der Waals surface area contributed by atoms with Gasteiger partial charge < -0.3 is 14.5 Å². The first-order valence-corrected chi connectivity index (χ1v) is 9.63. The van der Waals surface area contributed by atoms with Gasteiger partial charge in [-0.25, -0.2) is 4.79 Å². The lowest BCUT2D eigenvalue weighted by atomic mass is 10.1. The lowest BCUT2D eigenvalue weighted by Gasteiger charge is -2.25. The maximum Gasteiger partial charge on any atom is 0.320 e. The van der Waals surface area contributed by atoms with E-state index in [1.54, 1.807) is 11.3 Å². The topological polar surface area (TPSA) is 36.0 Å². The van der Waals surface area contributed by atoms with Gasteiger partial charge in [-0.1, -0.05) is 0 Å². The molecule has 3 fully saturated rings. The zero-order valence-electron chi connectivity index (χ0n) is 13.5. The zero-order valence-corrected chi connectivity index (χ0v) is 14.3. The van der Waals surface area contributed by atoms with Crippen LogP contribution >= 0.6 is 11.3 Å². The van der Waals surface area contributed by atoms with Gasteiger partial charge in [-0.05, 0) is 35.2 Å². The van der Waals surface area contributed by atoms with Crippen LogP contribution in [-0.2, 0) is 11.3 Å². The maximum atomic E-state index is 12.6. The first-order valence-electron chi connectivity index (χ1n) is 8.68. The van der Waals surface area contributed by atoms with Crippen LogP contribution in [0.4, 0.5) is 4.79 Å². The van der Waals surface area contributed by atoms with E-state index in [1.807, 2.05) is 9.80 Å². The first kappa shape index (κ1) is 15.4. The van der Waals surface area contributed by atoms with E-state index < -0.39 is 0 Å². The highest BCUT2D eigenvalue weighted by molar-refractivity contribution is 7.07. The van der Waals surface area contributed by atoms with E-state index in [4.69, 9.17) is 4.74 Å². The Hall–Kier alpha value is -1.11. The van der Waals surface area contributed by atoms with E-state index in [2.05, 4.69) is 21.7 Å². The van der Waals surface area contributed by atoms with Crippen molar-refractivity contribution in [3.05, 3.63) is 22.4 Å². The van der Waals surface area contributed by atoms with Crippen molar-refractivity contribution in [3.8, 4) is 0 Å². The fourth-order valence-corrected chi connectivity index (χ4v) is 4.67. The quantitative estimate of drug-likeness (QED) is 0.830. The molecule has 2 atom stereocenters. The zero-order chi connectivity index (χ0) is 15.6. The summed E-state index contributed by atoms with van der Waals surface area (Å²) in [5.41, 5.74) is 1.39. The molecule has 3 saturated heterocycles. The minimum absolute atomic E-state index is 0.217. The van der Waals surface area contributed by atoms with Crippen molar-refractivity contribution in [2.75, 3.05) is 45.9 Å². The summed E-state index contributed by atoms with van der Waals surface area (Å²) in [6, 6.07) is 2.43. The lowest BCUT2D eigenvalue weighted by Crippen LogP contribution is -2.41. The van der Waals surface area contributed by atoms with E-state index >= 15 is 0 Å². The molecule has 0 bridgehead atoms. The summed E-state index contributed by atoms with van der Waals surface area (Å²) in [7, 11) is 0. The van der Waals surface area contributed by atoms with Crippen molar-refractivity contribution in [1.29, 1.82) is 0 Å². The number of fused-ring (bicyclic) bond motifs is 1. The summed E-state index contributed by atoms with van der Waals surface area (Å²) in [5, 5.41) is 4.36. The van der Waals surface area contributed by atoms with Gasteiger partial charge >= 0.3 is 6.03 Å². The lowest BCUT2D eigenvalue weighted by molar-refractivity contribution is 0.0521. The molecule has 0 aromatic carbocycles. The molecule has 23 heavy (non-hydrogen) atoms. The summed E-state index contributed by atoms with van der Waals surface area (Å²) in [5.74, 6) is 0.447. The largest absolute Gasteiger partial charge is 0.375 e. The van der Waals surface area contributed by atoms with Gasteiger partial charge in [0.05, 0.1) is 12.7 Å². The Labute approximate surface area is 141 Å². The number of carbonyl (C=O) groups excluding carboxylic acids is 1. The SMILES string of the molecule is O=C(N1CCCC1)N1C[C@@H]2CN(Cc3ccsc3)CCO[C@@H]2C1. The molecule has 0 aliphatic carbocycles. The van der Waals surface area contributed by atoms with E-state index in [0.717, 1.165) is 65.3 Å². The number of urea groups is 1. The van der Waals surface area contributed by atoms with Gasteiger partial charge in [0.2, 0.25) is 0 Å². The summed E-state index contributed by atoms with van der Waals surface area (Å²) >= 11 is 1.75. The molecule has 1 aromatic heterocycles. The Morgan fingerprint density at radius 1 is 1.17 bits per heavy atom. The minimum atomic E-state index is 0.217. The van der Waals surface area contributed by atoms with Crippen molar-refractivity contribution in [2.45, 2.75) is 25.5 Å². The van der Waals surface area contributed by atoms with Crippen LogP contribution < -0.4 is 0 Å². The van der Waals surface area contributed by atoms with Crippen LogP contribution in [0.5, 0.6) is 0 Å². The van der Waals surface area contributed by atoms with Gasteiger partial charge in [-0.2, -0.15) is 11.3 Å². The number of likely N-dealkylation sites (tertiary alicyclic amines) is 2. The Bertz CT molecular complexity index is 530. The molecule has 5 nitrogen and oxygen atoms in total. The second-order valence-electron chi connectivity index (χ2n) is 6.92. The molecule has 6 heteroatoms. The molecule has 4 heterocycles. The van der Waals surface area contributed by atoms with Gasteiger partial charge in [-0.15, -0.1) is 0 Å². The first-order chi connectivity index (χ1) is 11.3. The van der Waals surface area contributed by atoms with E-state index in [-0.39, 0.29) is 12.1 Å². The van der Waals surface area contributed by atoms with Crippen molar-refractivity contribution >= 4 is 17.4 Å². The maximum absolute atomic E-state index is 12.6. The van der Waals surface area contributed by atoms with Crippen LogP contribution in [0.15, 0.2) is 16.8 Å². The Morgan fingerprint density at radius 3 is 2.83 bits per heavy atom. The standard InChI is InChI=1S/C17H25N3O2S/c21-17(19-4-1-2-5-19)20-11-15-10-18(6-7-22-16(15)12-20)9-14-3-8-23-13-14/h3,8,13,15-16H,1-2,4-7,9-12H2/t15-,16+/m0/s1. The number of hydrogen-bond acceptors (Lipinski definition) is 4. The Morgan fingerprint density at radius 2 is 2.04 bits per heavy atom. The Balaban J connectivity index is 1.37. The molecule has 0 unspecified atom stereocenters. The second kappa shape index (κ2) is 6.79. The van der Waals surface area contributed by atoms with Gasteiger partial charge in [-0.3, -0.25) is 4.90 Å². The van der Waals surface area contributed by atoms with Gasteiger partial charge in [0.1, 0.15) is 0 Å². The number of nitrogens with zero attached hydrogens (tertiary/aromatic N) is 3. The van der Waals surface area contributed by atoms with Crippen molar-refractivity contribution in [1.82, 2.24) is 14.7 Å². The highest BCUT2D eigenvalue weighted by atomic mass is 32.1. The molecular formula is C17H25N3O2S. The van der Waals surface area contributed by atoms with Crippen LogP contribution in [0, 0.1) is 5.92 Å². The van der Waals surface area contributed by atoms with Crippen LogP contribution in [0.3, 0.4) is 0 Å². The highest BCUT2D eigenvalue weighted by Crippen LogP contribution is 2.26. The summed E-state index contributed by atoms with van der Waals surface area (Å²) < 4.78 is 6.07. The van der Waals surface area contributed by atoms with Crippen molar-refractivity contribution < 1.29 is 9.53 Å². The number of rotatable bonds is 2. The summed E-state index contributed by atoms with van der Waals surface area (Å²) in [6.07, 6.45) is 2.52. The third kappa shape index (κ3) is 3.39. The van der Waals surface area contributed by atoms with Gasteiger partial charge in [0.25, 0.3) is 0 Å².